The SMILES string of the molecule is COCCn1nccc1C12CCC(C1)C2C(=O)NCc1cnn2c1CCCC2. The molecule has 2 aromatic heterocycles. The molecular formula is C21H29N5O2. The van der Waals surface area contributed by atoms with Gasteiger partial charge < -0.3 is 10.1 Å². The topological polar surface area (TPSA) is 74.0 Å². The number of hydrogen-bond donors (Lipinski definition) is 1. The van der Waals surface area contributed by atoms with Gasteiger partial charge in [-0.3, -0.25) is 14.2 Å². The number of carbonyl (C=O) groups is 1. The lowest BCUT2D eigenvalue weighted by molar-refractivity contribution is -0.133. The molecule has 3 unspecified atom stereocenters. The van der Waals surface area contributed by atoms with E-state index in [9.17, 15) is 4.79 Å². The van der Waals surface area contributed by atoms with Crippen molar-refractivity contribution in [3.63, 3.8) is 0 Å². The molecule has 28 heavy (non-hydrogen) atoms. The second kappa shape index (κ2) is 7.03. The van der Waals surface area contributed by atoms with Crippen LogP contribution in [-0.4, -0.2) is 39.2 Å². The number of nitrogens with zero attached hydrogens (tertiary/aromatic N) is 4. The number of carbonyl (C=O) groups excluding carboxylic acids is 1. The van der Waals surface area contributed by atoms with Gasteiger partial charge >= 0.3 is 0 Å². The molecule has 0 saturated heterocycles. The highest BCUT2D eigenvalue weighted by atomic mass is 16.5. The molecule has 6 rings (SSSR count). The monoisotopic (exact) mass is 383 g/mol. The van der Waals surface area contributed by atoms with E-state index in [-0.39, 0.29) is 17.2 Å². The first-order chi connectivity index (χ1) is 13.7. The van der Waals surface area contributed by atoms with Gasteiger partial charge in [0.05, 0.1) is 25.3 Å². The normalized spacial score (nSPS) is 28.0. The summed E-state index contributed by atoms with van der Waals surface area (Å²) >= 11 is 0. The number of rotatable bonds is 7. The quantitative estimate of drug-likeness (QED) is 0.794. The van der Waals surface area contributed by atoms with E-state index in [1.807, 2.05) is 17.1 Å². The van der Waals surface area contributed by atoms with Crippen LogP contribution in [0.25, 0.3) is 0 Å². The molecule has 3 atom stereocenters. The average Bonchev–Trinajstić information content (AvgIpc) is 3.47. The maximum absolute atomic E-state index is 13.2. The Labute approximate surface area is 165 Å². The number of methoxy groups -OCH3 is 1. The predicted octanol–water partition coefficient (Wildman–Crippen LogP) is 2.05. The van der Waals surface area contributed by atoms with Crippen molar-refractivity contribution in [2.24, 2.45) is 11.8 Å². The van der Waals surface area contributed by atoms with Crippen LogP contribution in [0.3, 0.4) is 0 Å². The highest BCUT2D eigenvalue weighted by Gasteiger charge is 2.63. The molecule has 0 radical (unpaired) electrons. The first-order valence-corrected chi connectivity index (χ1v) is 10.6. The smallest absolute Gasteiger partial charge is 0.224 e. The summed E-state index contributed by atoms with van der Waals surface area (Å²) in [6.07, 6.45) is 10.6. The van der Waals surface area contributed by atoms with E-state index in [4.69, 9.17) is 4.74 Å². The lowest BCUT2D eigenvalue weighted by atomic mass is 9.58. The Bertz CT molecular complexity index is 868. The average molecular weight is 383 g/mol. The van der Waals surface area contributed by atoms with E-state index in [2.05, 4.69) is 26.3 Å². The van der Waals surface area contributed by atoms with Gasteiger partial charge in [-0.2, -0.15) is 10.2 Å². The third-order valence-electron chi connectivity index (χ3n) is 7.19. The van der Waals surface area contributed by atoms with Crippen LogP contribution in [0.4, 0.5) is 0 Å². The number of nitrogens with one attached hydrogen (secondary N) is 1. The number of ether oxygens (including phenoxy) is 1. The fourth-order valence-corrected chi connectivity index (χ4v) is 5.87. The largest absolute Gasteiger partial charge is 0.383 e. The Kier molecular flexibility index (Phi) is 4.50. The number of hydrogen-bond acceptors (Lipinski definition) is 4. The predicted molar refractivity (Wildman–Crippen MR) is 104 cm³/mol. The first kappa shape index (κ1) is 17.9. The zero-order valence-corrected chi connectivity index (χ0v) is 16.6. The second-order valence-electron chi connectivity index (χ2n) is 8.58. The summed E-state index contributed by atoms with van der Waals surface area (Å²) in [5.74, 6) is 0.771. The molecule has 4 aliphatic rings. The van der Waals surface area contributed by atoms with E-state index in [0.717, 1.165) is 38.8 Å². The maximum atomic E-state index is 13.2. The third kappa shape index (κ3) is 2.70. The Hall–Kier alpha value is -2.15. The number of aromatic nitrogens is 4. The minimum atomic E-state index is -0.0442. The molecule has 3 heterocycles. The molecule has 3 fully saturated rings. The Morgan fingerprint density at radius 3 is 3.18 bits per heavy atom. The lowest BCUT2D eigenvalue weighted by Crippen LogP contribution is -2.53. The van der Waals surface area contributed by atoms with E-state index >= 15 is 0 Å². The highest BCUT2D eigenvalue weighted by Crippen LogP contribution is 2.63. The van der Waals surface area contributed by atoms with E-state index in [1.165, 1.54) is 29.8 Å². The summed E-state index contributed by atoms with van der Waals surface area (Å²) < 4.78 is 9.38. The van der Waals surface area contributed by atoms with Crippen LogP contribution >= 0.6 is 0 Å². The molecule has 7 heteroatoms. The van der Waals surface area contributed by atoms with Crippen molar-refractivity contribution >= 4 is 5.91 Å². The zero-order valence-electron chi connectivity index (χ0n) is 16.6. The molecular weight excluding hydrogens is 354 g/mol. The zero-order chi connectivity index (χ0) is 19.1. The van der Waals surface area contributed by atoms with Crippen LogP contribution in [0.15, 0.2) is 18.5 Å². The van der Waals surface area contributed by atoms with Gasteiger partial charge in [-0.25, -0.2) is 0 Å². The summed E-state index contributed by atoms with van der Waals surface area (Å²) in [6, 6.07) is 2.10. The second-order valence-corrected chi connectivity index (χ2v) is 8.58. The van der Waals surface area contributed by atoms with E-state index in [0.29, 0.717) is 19.1 Å². The standard InChI is InChI=1S/C21H29N5O2/c1-28-11-10-26-18(6-8-23-26)21-7-5-15(12-21)19(21)20(27)22-13-16-14-24-25-9-3-2-4-17(16)25/h6,8,14-15,19H,2-5,7,9-13H2,1H3,(H,22,27). The number of aryl methyl sites for hydroxylation is 1. The van der Waals surface area contributed by atoms with Gasteiger partial charge in [0.2, 0.25) is 5.91 Å². The van der Waals surface area contributed by atoms with Crippen molar-refractivity contribution in [1.29, 1.82) is 0 Å². The van der Waals surface area contributed by atoms with Crippen LogP contribution in [0.1, 0.15) is 49.1 Å². The van der Waals surface area contributed by atoms with Crippen LogP contribution in [0.2, 0.25) is 0 Å². The highest BCUT2D eigenvalue weighted by molar-refractivity contribution is 5.82. The van der Waals surface area contributed by atoms with Gasteiger partial charge in [0.1, 0.15) is 0 Å². The minimum Gasteiger partial charge on any atom is -0.383 e. The molecule has 2 aromatic rings. The molecule has 1 aliphatic heterocycles. The van der Waals surface area contributed by atoms with Gasteiger partial charge in [-0.1, -0.05) is 0 Å². The van der Waals surface area contributed by atoms with Crippen LogP contribution in [-0.2, 0) is 41.0 Å². The Morgan fingerprint density at radius 2 is 2.32 bits per heavy atom. The Morgan fingerprint density at radius 1 is 1.39 bits per heavy atom. The van der Waals surface area contributed by atoms with Crippen molar-refractivity contribution in [3.05, 3.63) is 35.4 Å². The molecule has 1 N–H and O–H groups in total. The molecule has 7 nitrogen and oxygen atoms in total. The van der Waals surface area contributed by atoms with E-state index < -0.39 is 0 Å². The summed E-state index contributed by atoms with van der Waals surface area (Å²) in [5.41, 5.74) is 3.65. The van der Waals surface area contributed by atoms with Gasteiger partial charge in [0.15, 0.2) is 0 Å². The summed E-state index contributed by atoms with van der Waals surface area (Å²) in [7, 11) is 1.71. The summed E-state index contributed by atoms with van der Waals surface area (Å²) in [6.45, 7) is 2.97. The van der Waals surface area contributed by atoms with Crippen molar-refractivity contribution in [1.82, 2.24) is 24.9 Å². The lowest BCUT2D eigenvalue weighted by Gasteiger charge is -2.46. The number of amides is 1. The first-order valence-electron chi connectivity index (χ1n) is 10.6. The van der Waals surface area contributed by atoms with Gasteiger partial charge in [0.25, 0.3) is 0 Å². The maximum Gasteiger partial charge on any atom is 0.224 e. The molecule has 150 valence electrons. The van der Waals surface area contributed by atoms with Crippen LogP contribution < -0.4 is 5.32 Å². The minimum absolute atomic E-state index is 0.0442. The van der Waals surface area contributed by atoms with Crippen LogP contribution in [0, 0.1) is 11.8 Å². The fourth-order valence-electron chi connectivity index (χ4n) is 5.87. The van der Waals surface area contributed by atoms with Gasteiger partial charge in [-0.15, -0.1) is 0 Å². The van der Waals surface area contributed by atoms with Crippen molar-refractivity contribution in [3.8, 4) is 0 Å². The van der Waals surface area contributed by atoms with Crippen molar-refractivity contribution in [2.45, 2.75) is 63.6 Å². The van der Waals surface area contributed by atoms with Crippen molar-refractivity contribution < 1.29 is 9.53 Å². The number of fused-ring (bicyclic) bond motifs is 2. The molecule has 2 bridgehead atoms. The molecule has 3 aliphatic carbocycles. The fraction of sp³-hybridized carbons (Fsp3) is 0.667. The third-order valence-corrected chi connectivity index (χ3v) is 7.19. The summed E-state index contributed by atoms with van der Waals surface area (Å²) in [5, 5.41) is 12.2. The van der Waals surface area contributed by atoms with Crippen molar-refractivity contribution in [2.75, 3.05) is 13.7 Å². The van der Waals surface area contributed by atoms with Crippen LogP contribution in [0.5, 0.6) is 0 Å². The molecule has 0 spiro atoms. The van der Waals surface area contributed by atoms with E-state index in [1.54, 1.807) is 7.11 Å². The molecule has 1 amide bonds. The van der Waals surface area contributed by atoms with Gasteiger partial charge in [-0.05, 0) is 50.5 Å². The summed E-state index contributed by atoms with van der Waals surface area (Å²) in [4.78, 5) is 13.2. The Balaban J connectivity index is 1.30. The molecule has 3 saturated carbocycles. The molecule has 0 aromatic carbocycles. The van der Waals surface area contributed by atoms with Gasteiger partial charge in [0, 0.05) is 48.8 Å².